The molecule has 5 rings (SSSR count). The van der Waals surface area contributed by atoms with Gasteiger partial charge in [-0.15, -0.1) is 0 Å². The van der Waals surface area contributed by atoms with E-state index in [9.17, 15) is 9.90 Å². The van der Waals surface area contributed by atoms with Crippen LogP contribution in [-0.2, 0) is 11.2 Å². The minimum Gasteiger partial charge on any atom is -0.508 e. The first-order valence-corrected chi connectivity index (χ1v) is 12.7. The number of carbonyl (C=O) groups is 1. The Morgan fingerprint density at radius 1 is 0.969 bits per heavy atom. The van der Waals surface area contributed by atoms with Crippen LogP contribution >= 0.6 is 0 Å². The van der Waals surface area contributed by atoms with E-state index in [-0.39, 0.29) is 11.3 Å². The van der Waals surface area contributed by atoms with Crippen molar-refractivity contribution in [3.05, 3.63) is 59.2 Å². The highest BCUT2D eigenvalue weighted by atomic mass is 16.3. The van der Waals surface area contributed by atoms with Gasteiger partial charge in [0, 0.05) is 30.6 Å². The number of phenols is 1. The maximum absolute atomic E-state index is 11.1. The van der Waals surface area contributed by atoms with Crippen LogP contribution < -0.4 is 4.90 Å². The highest BCUT2D eigenvalue weighted by Crippen LogP contribution is 2.56. The van der Waals surface area contributed by atoms with E-state index in [1.165, 1.54) is 60.9 Å². The van der Waals surface area contributed by atoms with Crippen molar-refractivity contribution >= 4 is 12.0 Å². The van der Waals surface area contributed by atoms with Crippen molar-refractivity contribution in [3.8, 4) is 5.75 Å². The zero-order valence-corrected chi connectivity index (χ0v) is 19.4. The Hall–Kier alpha value is -2.29. The number of aromatic hydroxyl groups is 1. The molecule has 0 radical (unpaired) electrons. The molecule has 0 aromatic heterocycles. The Morgan fingerprint density at radius 2 is 1.69 bits per heavy atom. The standard InChI is InChI=1S/C29H37NO2/c1-29(24-5-3-2-4-6-24)16-13-23-19-26(32)11-12-27(23)28(29)22-7-9-25(10-8-22)30-17-14-21(20-31)15-18-30/h7-12,19-21,24,28,32H,2-6,13-18H2,1H3/t28-,29+/m0/s1. The summed E-state index contributed by atoms with van der Waals surface area (Å²) >= 11 is 0. The molecule has 0 unspecified atom stereocenters. The predicted octanol–water partition coefficient (Wildman–Crippen LogP) is 6.47. The summed E-state index contributed by atoms with van der Waals surface area (Å²) in [6, 6.07) is 15.4. The Morgan fingerprint density at radius 3 is 2.38 bits per heavy atom. The smallest absolute Gasteiger partial charge is 0.123 e. The van der Waals surface area contributed by atoms with Crippen LogP contribution in [0.4, 0.5) is 5.69 Å². The lowest BCUT2D eigenvalue weighted by atomic mass is 9.55. The molecule has 2 fully saturated rings. The van der Waals surface area contributed by atoms with Crippen molar-refractivity contribution in [1.29, 1.82) is 0 Å². The van der Waals surface area contributed by atoms with Gasteiger partial charge in [-0.1, -0.05) is 44.4 Å². The quantitative estimate of drug-likeness (QED) is 0.564. The molecule has 2 aromatic rings. The van der Waals surface area contributed by atoms with Gasteiger partial charge in [0.25, 0.3) is 0 Å². The number of rotatable bonds is 4. The summed E-state index contributed by atoms with van der Waals surface area (Å²) in [6.07, 6.45) is 12.1. The molecule has 2 atom stereocenters. The third kappa shape index (κ3) is 3.95. The van der Waals surface area contributed by atoms with Gasteiger partial charge in [-0.3, -0.25) is 0 Å². The number of anilines is 1. The first-order valence-electron chi connectivity index (χ1n) is 12.7. The third-order valence-corrected chi connectivity index (χ3v) is 8.89. The molecule has 3 aliphatic rings. The summed E-state index contributed by atoms with van der Waals surface area (Å²) in [5, 5.41) is 10.1. The van der Waals surface area contributed by atoms with Gasteiger partial charge in [0.2, 0.25) is 0 Å². The number of nitrogens with zero attached hydrogens (tertiary/aromatic N) is 1. The fourth-order valence-electron chi connectivity index (χ4n) is 6.93. The molecule has 1 saturated heterocycles. The molecule has 1 saturated carbocycles. The molecular weight excluding hydrogens is 394 g/mol. The van der Waals surface area contributed by atoms with E-state index in [0.29, 0.717) is 11.7 Å². The van der Waals surface area contributed by atoms with Crippen molar-refractivity contribution in [3.63, 3.8) is 0 Å². The summed E-state index contributed by atoms with van der Waals surface area (Å²) in [7, 11) is 0. The van der Waals surface area contributed by atoms with Gasteiger partial charge in [0.15, 0.2) is 0 Å². The van der Waals surface area contributed by atoms with Gasteiger partial charge in [-0.05, 0) is 90.8 Å². The Labute approximate surface area is 192 Å². The number of hydrogen-bond acceptors (Lipinski definition) is 3. The number of fused-ring (bicyclic) bond motifs is 1. The van der Waals surface area contributed by atoms with Gasteiger partial charge >= 0.3 is 0 Å². The van der Waals surface area contributed by atoms with Crippen molar-refractivity contribution in [1.82, 2.24) is 0 Å². The minimum atomic E-state index is 0.233. The van der Waals surface area contributed by atoms with Crippen LogP contribution in [-0.4, -0.2) is 24.5 Å². The van der Waals surface area contributed by atoms with Crippen LogP contribution in [0.3, 0.4) is 0 Å². The molecule has 2 aromatic carbocycles. The van der Waals surface area contributed by atoms with Gasteiger partial charge in [-0.25, -0.2) is 0 Å². The Balaban J connectivity index is 1.47. The van der Waals surface area contributed by atoms with Crippen molar-refractivity contribution in [2.45, 2.75) is 70.6 Å². The second-order valence-electron chi connectivity index (χ2n) is 10.7. The molecule has 2 aliphatic carbocycles. The Bertz CT molecular complexity index is 938. The molecule has 1 aliphatic heterocycles. The SMILES string of the molecule is C[C@]1(C2CCCCC2)CCc2cc(O)ccc2[C@@H]1c1ccc(N2CCC(C=O)CC2)cc1. The molecule has 1 N–H and O–H groups in total. The molecule has 0 amide bonds. The van der Waals surface area contributed by atoms with Crippen LogP contribution in [0.15, 0.2) is 42.5 Å². The van der Waals surface area contributed by atoms with E-state index in [4.69, 9.17) is 0 Å². The molecule has 3 heteroatoms. The zero-order valence-electron chi connectivity index (χ0n) is 19.4. The number of aldehydes is 1. The maximum Gasteiger partial charge on any atom is 0.123 e. The highest BCUT2D eigenvalue weighted by Gasteiger charge is 2.45. The summed E-state index contributed by atoms with van der Waals surface area (Å²) in [5.74, 6) is 1.77. The first-order chi connectivity index (χ1) is 15.6. The van der Waals surface area contributed by atoms with E-state index < -0.39 is 0 Å². The van der Waals surface area contributed by atoms with Crippen LogP contribution in [0.25, 0.3) is 0 Å². The average molecular weight is 432 g/mol. The monoisotopic (exact) mass is 431 g/mol. The number of benzene rings is 2. The van der Waals surface area contributed by atoms with Crippen LogP contribution in [0.5, 0.6) is 5.75 Å². The number of phenolic OH excluding ortho intramolecular Hbond substituents is 1. The highest BCUT2D eigenvalue weighted by molar-refractivity contribution is 5.56. The van der Waals surface area contributed by atoms with Gasteiger partial charge in [0.1, 0.15) is 12.0 Å². The molecule has 1 heterocycles. The number of piperidine rings is 1. The summed E-state index contributed by atoms with van der Waals surface area (Å²) in [6.45, 7) is 4.48. The Kier molecular flexibility index (Phi) is 6.01. The van der Waals surface area contributed by atoms with E-state index in [0.717, 1.165) is 44.6 Å². The van der Waals surface area contributed by atoms with Crippen molar-refractivity contribution in [2.24, 2.45) is 17.3 Å². The zero-order chi connectivity index (χ0) is 22.1. The number of aryl methyl sites for hydroxylation is 1. The average Bonchev–Trinajstić information content (AvgIpc) is 2.85. The topological polar surface area (TPSA) is 40.5 Å². The molecule has 3 nitrogen and oxygen atoms in total. The van der Waals surface area contributed by atoms with Crippen molar-refractivity contribution in [2.75, 3.05) is 18.0 Å². The van der Waals surface area contributed by atoms with E-state index in [1.54, 1.807) is 0 Å². The first kappa shape index (κ1) is 21.6. The summed E-state index contributed by atoms with van der Waals surface area (Å²) < 4.78 is 0. The van der Waals surface area contributed by atoms with Gasteiger partial charge < -0.3 is 14.8 Å². The van der Waals surface area contributed by atoms with Crippen molar-refractivity contribution < 1.29 is 9.90 Å². The fourth-order valence-corrected chi connectivity index (χ4v) is 6.93. The number of carbonyl (C=O) groups excluding carboxylic acids is 1. The maximum atomic E-state index is 11.1. The normalized spacial score (nSPS) is 27.2. The van der Waals surface area contributed by atoms with E-state index in [1.807, 2.05) is 12.1 Å². The fraction of sp³-hybridized carbons (Fsp3) is 0.552. The molecule has 170 valence electrons. The lowest BCUT2D eigenvalue weighted by molar-refractivity contribution is -0.111. The van der Waals surface area contributed by atoms with Crippen LogP contribution in [0, 0.1) is 17.3 Å². The summed E-state index contributed by atoms with van der Waals surface area (Å²) in [4.78, 5) is 13.5. The summed E-state index contributed by atoms with van der Waals surface area (Å²) in [5.41, 5.74) is 5.69. The lowest BCUT2D eigenvalue weighted by Crippen LogP contribution is -2.39. The van der Waals surface area contributed by atoms with Gasteiger partial charge in [-0.2, -0.15) is 0 Å². The minimum absolute atomic E-state index is 0.233. The third-order valence-electron chi connectivity index (χ3n) is 8.89. The molecule has 0 spiro atoms. The van der Waals surface area contributed by atoms with E-state index in [2.05, 4.69) is 42.2 Å². The molecule has 0 bridgehead atoms. The lowest BCUT2D eigenvalue weighted by Gasteiger charge is -2.49. The second-order valence-corrected chi connectivity index (χ2v) is 10.7. The van der Waals surface area contributed by atoms with E-state index >= 15 is 0 Å². The van der Waals surface area contributed by atoms with Crippen LogP contribution in [0.2, 0.25) is 0 Å². The second kappa shape index (κ2) is 8.92. The molecular formula is C29H37NO2. The largest absolute Gasteiger partial charge is 0.508 e. The van der Waals surface area contributed by atoms with Crippen LogP contribution in [0.1, 0.15) is 80.9 Å². The molecule has 32 heavy (non-hydrogen) atoms. The van der Waals surface area contributed by atoms with Gasteiger partial charge in [0.05, 0.1) is 0 Å². The predicted molar refractivity (Wildman–Crippen MR) is 130 cm³/mol. The number of hydrogen-bond donors (Lipinski definition) is 1.